The number of aliphatic hydroxyl groups excluding tert-OH is 5. The van der Waals surface area contributed by atoms with Gasteiger partial charge >= 0.3 is 0 Å². The molecule has 530 valence electrons. The van der Waals surface area contributed by atoms with Gasteiger partial charge in [0.15, 0.2) is 6.29 Å². The minimum absolute atomic E-state index is 0.185. The smallest absolute Gasteiger partial charge is 0.220 e. The molecule has 1 heterocycles. The van der Waals surface area contributed by atoms with E-state index in [4.69, 9.17) is 9.47 Å². The molecule has 7 unspecified atom stereocenters. The molecule has 0 aromatic carbocycles. The summed E-state index contributed by atoms with van der Waals surface area (Å²) in [4.78, 5) is 13.2. The summed E-state index contributed by atoms with van der Waals surface area (Å²) in [5.74, 6) is -0.185. The lowest BCUT2D eigenvalue weighted by molar-refractivity contribution is -0.302. The molecule has 0 saturated carbocycles. The number of allylic oxidation sites excluding steroid dienone is 13. The van der Waals surface area contributed by atoms with Crippen LogP contribution >= 0.6 is 0 Å². The van der Waals surface area contributed by atoms with Crippen LogP contribution < -0.4 is 5.32 Å². The van der Waals surface area contributed by atoms with Gasteiger partial charge in [-0.1, -0.05) is 369 Å². The Bertz CT molecular complexity index is 1720. The third kappa shape index (κ3) is 58.5. The summed E-state index contributed by atoms with van der Waals surface area (Å²) in [6.45, 7) is 3.69. The van der Waals surface area contributed by atoms with Crippen LogP contribution in [-0.2, 0) is 14.3 Å². The molecule has 1 amide bonds. The molecule has 6 N–H and O–H groups in total. The van der Waals surface area contributed by atoms with Crippen LogP contribution in [0.2, 0.25) is 0 Å². The summed E-state index contributed by atoms with van der Waals surface area (Å²) in [5.41, 5.74) is 0. The second kappa shape index (κ2) is 70.2. The Morgan fingerprint density at radius 1 is 0.385 bits per heavy atom. The molecule has 1 fully saturated rings. The van der Waals surface area contributed by atoms with Gasteiger partial charge in [-0.15, -0.1) is 0 Å². The van der Waals surface area contributed by atoms with Crippen molar-refractivity contribution in [2.75, 3.05) is 13.2 Å². The normalized spacial score (nSPS) is 18.2. The molecule has 1 aliphatic heterocycles. The first-order valence-electron chi connectivity index (χ1n) is 39.3. The number of carbonyl (C=O) groups is 1. The number of unbranched alkanes of at least 4 members (excludes halogenated alkanes) is 47. The molecule has 0 radical (unpaired) electrons. The fraction of sp³-hybridized carbons (Fsp3) is 0.817. The molecule has 1 aliphatic rings. The molecular weight excluding hydrogens is 1130 g/mol. The molecule has 91 heavy (non-hydrogen) atoms. The number of carbonyl (C=O) groups excluding carboxylic acids is 1. The van der Waals surface area contributed by atoms with Crippen LogP contribution in [0.5, 0.6) is 0 Å². The number of hydrogen-bond acceptors (Lipinski definition) is 8. The zero-order valence-electron chi connectivity index (χ0n) is 59.6. The molecule has 9 heteroatoms. The highest BCUT2D eigenvalue weighted by Crippen LogP contribution is 2.24. The summed E-state index contributed by atoms with van der Waals surface area (Å²) in [6, 6.07) is -0.832. The standard InChI is InChI=1S/C82H149NO8/c1-3-5-7-9-11-13-15-17-19-21-23-25-27-29-31-33-34-35-36-37-38-39-40-41-42-44-46-48-50-52-54-56-58-60-62-64-66-68-70-72-78(86)83-75(74-90-82-81(89)80(88)79(87)77(73-84)91-82)76(85)71-69-67-65-63-61-59-57-55-53-51-49-47-45-43-32-30-28-26-24-22-20-18-16-14-12-10-8-6-4-2/h5,7,11,13,17,19,23,25,53,55,61,63,69,71,75-77,79-82,84-85,87-89H,3-4,6,8-10,12,14-16,18,20-22,24,26-52,54,56-60,62,64-68,70,72-74H2,1-2H3,(H,83,86)/b7-5-,13-11-,19-17-,25-23-,55-53+,63-61+,71-69+. The third-order valence-electron chi connectivity index (χ3n) is 18.4. The molecule has 1 saturated heterocycles. The lowest BCUT2D eigenvalue weighted by Gasteiger charge is -2.40. The predicted molar refractivity (Wildman–Crippen MR) is 392 cm³/mol. The second-order valence-corrected chi connectivity index (χ2v) is 27.1. The van der Waals surface area contributed by atoms with Crippen LogP contribution in [0.25, 0.3) is 0 Å². The van der Waals surface area contributed by atoms with Crippen LogP contribution in [0.1, 0.15) is 373 Å². The minimum Gasteiger partial charge on any atom is -0.394 e. The van der Waals surface area contributed by atoms with E-state index in [9.17, 15) is 30.3 Å². The second-order valence-electron chi connectivity index (χ2n) is 27.1. The van der Waals surface area contributed by atoms with E-state index in [0.717, 1.165) is 70.6 Å². The summed E-state index contributed by atoms with van der Waals surface area (Å²) >= 11 is 0. The molecule has 0 spiro atoms. The van der Waals surface area contributed by atoms with E-state index in [0.29, 0.717) is 6.42 Å². The van der Waals surface area contributed by atoms with E-state index in [2.05, 4.69) is 92.1 Å². The van der Waals surface area contributed by atoms with Crippen LogP contribution in [0.3, 0.4) is 0 Å². The summed E-state index contributed by atoms with van der Waals surface area (Å²) in [5, 5.41) is 54.8. The number of aliphatic hydroxyl groups is 5. The van der Waals surface area contributed by atoms with Gasteiger partial charge in [-0.3, -0.25) is 4.79 Å². The Morgan fingerprint density at radius 2 is 0.692 bits per heavy atom. The van der Waals surface area contributed by atoms with Gasteiger partial charge in [-0.25, -0.2) is 0 Å². The Hall–Kier alpha value is -2.63. The van der Waals surface area contributed by atoms with Crippen LogP contribution in [0.15, 0.2) is 85.1 Å². The van der Waals surface area contributed by atoms with Crippen molar-refractivity contribution < 1.29 is 39.8 Å². The molecule has 0 bridgehead atoms. The lowest BCUT2D eigenvalue weighted by atomic mass is 9.99. The van der Waals surface area contributed by atoms with Crippen molar-refractivity contribution in [3.05, 3.63) is 85.1 Å². The number of hydrogen-bond donors (Lipinski definition) is 6. The number of rotatable bonds is 69. The van der Waals surface area contributed by atoms with Gasteiger partial charge in [0, 0.05) is 6.42 Å². The maximum Gasteiger partial charge on any atom is 0.220 e. The summed E-state index contributed by atoms with van der Waals surface area (Å²) in [6.07, 6.45) is 94.5. The lowest BCUT2D eigenvalue weighted by Crippen LogP contribution is -2.60. The highest BCUT2D eigenvalue weighted by atomic mass is 16.7. The van der Waals surface area contributed by atoms with Gasteiger partial charge in [0.1, 0.15) is 24.4 Å². The van der Waals surface area contributed by atoms with Gasteiger partial charge in [0.05, 0.1) is 25.4 Å². The summed E-state index contributed by atoms with van der Waals surface area (Å²) in [7, 11) is 0. The van der Waals surface area contributed by atoms with Gasteiger partial charge in [-0.2, -0.15) is 0 Å². The molecule has 9 nitrogen and oxygen atoms in total. The highest BCUT2D eigenvalue weighted by molar-refractivity contribution is 5.76. The summed E-state index contributed by atoms with van der Waals surface area (Å²) < 4.78 is 11.3. The zero-order chi connectivity index (χ0) is 65.7. The Balaban J connectivity index is 2.08. The van der Waals surface area contributed by atoms with E-state index in [1.54, 1.807) is 6.08 Å². The molecule has 0 aromatic heterocycles. The molecule has 1 rings (SSSR count). The van der Waals surface area contributed by atoms with Gasteiger partial charge in [-0.05, 0) is 83.5 Å². The van der Waals surface area contributed by atoms with Gasteiger partial charge in [0.2, 0.25) is 5.91 Å². The third-order valence-corrected chi connectivity index (χ3v) is 18.4. The Kier molecular flexibility index (Phi) is 66.6. The van der Waals surface area contributed by atoms with E-state index in [1.807, 2.05) is 6.08 Å². The molecule has 0 aromatic rings. The van der Waals surface area contributed by atoms with Crippen molar-refractivity contribution in [2.45, 2.75) is 416 Å². The average molecular weight is 1280 g/mol. The Morgan fingerprint density at radius 3 is 1.05 bits per heavy atom. The first kappa shape index (κ1) is 86.4. The molecule has 0 aliphatic carbocycles. The van der Waals surface area contributed by atoms with Crippen LogP contribution in [-0.4, -0.2) is 87.5 Å². The maximum absolute atomic E-state index is 13.2. The maximum atomic E-state index is 13.2. The van der Waals surface area contributed by atoms with E-state index >= 15 is 0 Å². The predicted octanol–water partition coefficient (Wildman–Crippen LogP) is 22.4. The average Bonchev–Trinajstić information content (AvgIpc) is 1.33. The Labute approximate surface area is 562 Å². The first-order chi connectivity index (χ1) is 44.8. The van der Waals surface area contributed by atoms with Crippen molar-refractivity contribution in [1.29, 1.82) is 0 Å². The largest absolute Gasteiger partial charge is 0.394 e. The van der Waals surface area contributed by atoms with E-state index in [1.165, 1.54) is 283 Å². The van der Waals surface area contributed by atoms with Crippen molar-refractivity contribution in [2.24, 2.45) is 0 Å². The number of ether oxygens (including phenoxy) is 2. The van der Waals surface area contributed by atoms with Crippen molar-refractivity contribution in [3.8, 4) is 0 Å². The minimum atomic E-state index is -1.58. The van der Waals surface area contributed by atoms with Crippen molar-refractivity contribution in [1.82, 2.24) is 5.32 Å². The molecule has 7 atom stereocenters. The van der Waals surface area contributed by atoms with Crippen LogP contribution in [0, 0.1) is 0 Å². The fourth-order valence-electron chi connectivity index (χ4n) is 12.4. The highest BCUT2D eigenvalue weighted by Gasteiger charge is 2.44. The zero-order valence-corrected chi connectivity index (χ0v) is 59.6. The SMILES string of the molecule is CC/C=C\C/C=C\C/C=C\C/C=C\CCCCCCCCCCCCCCCCCCCCCCCCCCCCC(=O)NC(COC1OC(CO)C(O)C(O)C1O)C(O)/C=C/CC/C=C/CC/C=C/CCCCCCCCCCCCCCCCCCCCC. The quantitative estimate of drug-likeness (QED) is 0.0261. The number of amides is 1. The van der Waals surface area contributed by atoms with E-state index in [-0.39, 0.29) is 12.5 Å². The van der Waals surface area contributed by atoms with Crippen LogP contribution in [0.4, 0.5) is 0 Å². The fourth-order valence-corrected chi connectivity index (χ4v) is 12.4. The molecular formula is C82H149NO8. The van der Waals surface area contributed by atoms with Gasteiger partial charge < -0.3 is 40.3 Å². The first-order valence-corrected chi connectivity index (χ1v) is 39.3. The monoisotopic (exact) mass is 1280 g/mol. The van der Waals surface area contributed by atoms with Gasteiger partial charge in [0.25, 0.3) is 0 Å². The van der Waals surface area contributed by atoms with Crippen molar-refractivity contribution in [3.63, 3.8) is 0 Å². The van der Waals surface area contributed by atoms with Crippen molar-refractivity contribution >= 4 is 5.91 Å². The topological polar surface area (TPSA) is 149 Å². The van der Waals surface area contributed by atoms with E-state index < -0.39 is 49.5 Å². The number of nitrogens with one attached hydrogen (secondary N) is 1.